The molecule has 0 spiro atoms. The van der Waals surface area contributed by atoms with Crippen molar-refractivity contribution in [2.45, 2.75) is 44.6 Å². The van der Waals surface area contributed by atoms with Gasteiger partial charge in [-0.25, -0.2) is 0 Å². The van der Waals surface area contributed by atoms with E-state index in [1.54, 1.807) is 0 Å². The quantitative estimate of drug-likeness (QED) is 0.647. The molecule has 4 heteroatoms. The van der Waals surface area contributed by atoms with E-state index in [1.807, 2.05) is 30.3 Å². The number of hydrogen-bond acceptors (Lipinski definition) is 2. The number of hydrogen-bond donors (Lipinski definition) is 2. The van der Waals surface area contributed by atoms with Crippen LogP contribution in [0.5, 0.6) is 0 Å². The van der Waals surface area contributed by atoms with Crippen LogP contribution in [-0.4, -0.2) is 25.0 Å². The average molecular weight is 297 g/mol. The molecule has 2 rings (SSSR count). The van der Waals surface area contributed by atoms with E-state index in [-0.39, 0.29) is 18.3 Å². The zero-order chi connectivity index (χ0) is 13.3. The Bertz CT molecular complexity index is 375. The van der Waals surface area contributed by atoms with Crippen molar-refractivity contribution in [1.82, 2.24) is 10.6 Å². The molecule has 1 fully saturated rings. The van der Waals surface area contributed by atoms with E-state index < -0.39 is 0 Å². The highest BCUT2D eigenvalue weighted by Gasteiger charge is 2.11. The summed E-state index contributed by atoms with van der Waals surface area (Å²) in [6.45, 7) is 1.56. The minimum atomic E-state index is 0. The van der Waals surface area contributed by atoms with Crippen LogP contribution in [0.3, 0.4) is 0 Å². The minimum absolute atomic E-state index is 0. The van der Waals surface area contributed by atoms with Gasteiger partial charge in [0, 0.05) is 24.7 Å². The Morgan fingerprint density at radius 2 is 1.65 bits per heavy atom. The van der Waals surface area contributed by atoms with Crippen LogP contribution in [0.1, 0.15) is 48.9 Å². The first kappa shape index (κ1) is 17.0. The molecule has 1 aromatic carbocycles. The summed E-state index contributed by atoms with van der Waals surface area (Å²) in [7, 11) is 0. The van der Waals surface area contributed by atoms with Crippen LogP contribution < -0.4 is 10.6 Å². The van der Waals surface area contributed by atoms with Gasteiger partial charge in [-0.15, -0.1) is 12.4 Å². The van der Waals surface area contributed by atoms with Gasteiger partial charge in [-0.3, -0.25) is 4.79 Å². The molecule has 0 heterocycles. The molecule has 1 amide bonds. The lowest BCUT2D eigenvalue weighted by molar-refractivity contribution is 0.0953. The molecular weight excluding hydrogens is 272 g/mol. The van der Waals surface area contributed by atoms with Gasteiger partial charge in [0.15, 0.2) is 0 Å². The van der Waals surface area contributed by atoms with Gasteiger partial charge < -0.3 is 10.6 Å². The van der Waals surface area contributed by atoms with Crippen LogP contribution >= 0.6 is 12.4 Å². The second kappa shape index (κ2) is 9.78. The smallest absolute Gasteiger partial charge is 0.251 e. The van der Waals surface area contributed by atoms with Crippen molar-refractivity contribution >= 4 is 18.3 Å². The number of halogens is 1. The number of rotatable bonds is 5. The fourth-order valence-corrected chi connectivity index (χ4v) is 2.63. The lowest BCUT2D eigenvalue weighted by atomic mass is 10.1. The summed E-state index contributed by atoms with van der Waals surface area (Å²) < 4.78 is 0. The Labute approximate surface area is 127 Å². The van der Waals surface area contributed by atoms with Crippen molar-refractivity contribution in [1.29, 1.82) is 0 Å². The van der Waals surface area contributed by atoms with Crippen LogP contribution in [0.15, 0.2) is 30.3 Å². The van der Waals surface area contributed by atoms with Gasteiger partial charge in [-0.1, -0.05) is 43.9 Å². The van der Waals surface area contributed by atoms with Crippen LogP contribution in [-0.2, 0) is 0 Å². The second-order valence-corrected chi connectivity index (χ2v) is 5.26. The van der Waals surface area contributed by atoms with Gasteiger partial charge >= 0.3 is 0 Å². The monoisotopic (exact) mass is 296 g/mol. The highest BCUT2D eigenvalue weighted by atomic mass is 35.5. The average Bonchev–Trinajstić information content (AvgIpc) is 2.73. The van der Waals surface area contributed by atoms with Gasteiger partial charge in [-0.2, -0.15) is 0 Å². The summed E-state index contributed by atoms with van der Waals surface area (Å²) in [4.78, 5) is 11.8. The zero-order valence-electron chi connectivity index (χ0n) is 11.9. The molecule has 0 bridgehead atoms. The van der Waals surface area contributed by atoms with Gasteiger partial charge in [0.2, 0.25) is 0 Å². The molecule has 0 radical (unpaired) electrons. The number of carbonyl (C=O) groups excluding carboxylic acids is 1. The predicted molar refractivity (Wildman–Crippen MR) is 85.5 cm³/mol. The van der Waals surface area contributed by atoms with Crippen LogP contribution in [0.4, 0.5) is 0 Å². The molecule has 0 aliphatic heterocycles. The van der Waals surface area contributed by atoms with E-state index in [2.05, 4.69) is 10.6 Å². The molecule has 0 atom stereocenters. The molecule has 1 aliphatic carbocycles. The highest BCUT2D eigenvalue weighted by molar-refractivity contribution is 5.94. The maximum Gasteiger partial charge on any atom is 0.251 e. The first-order valence-electron chi connectivity index (χ1n) is 7.43. The van der Waals surface area contributed by atoms with E-state index in [0.29, 0.717) is 12.6 Å². The van der Waals surface area contributed by atoms with E-state index in [1.165, 1.54) is 38.5 Å². The minimum Gasteiger partial charge on any atom is -0.351 e. The fraction of sp³-hybridized carbons (Fsp3) is 0.562. The molecule has 3 nitrogen and oxygen atoms in total. The van der Waals surface area contributed by atoms with Crippen molar-refractivity contribution < 1.29 is 4.79 Å². The second-order valence-electron chi connectivity index (χ2n) is 5.26. The molecule has 1 aromatic rings. The molecule has 0 unspecified atom stereocenters. The third-order valence-electron chi connectivity index (χ3n) is 3.73. The summed E-state index contributed by atoms with van der Waals surface area (Å²) in [5.74, 6) is 0.0169. The van der Waals surface area contributed by atoms with Crippen molar-refractivity contribution in [2.75, 3.05) is 13.1 Å². The van der Waals surface area contributed by atoms with Crippen molar-refractivity contribution in [3.8, 4) is 0 Å². The van der Waals surface area contributed by atoms with Crippen LogP contribution in [0, 0.1) is 0 Å². The lowest BCUT2D eigenvalue weighted by Crippen LogP contribution is -2.36. The summed E-state index contributed by atoms with van der Waals surface area (Å²) in [5, 5.41) is 6.51. The van der Waals surface area contributed by atoms with Gasteiger partial charge in [0.1, 0.15) is 0 Å². The standard InChI is InChI=1S/C16H24N2O.ClH/c19-16(14-8-4-3-5-9-14)18-13-12-17-15-10-6-1-2-7-11-15;/h3-5,8-9,15,17H,1-2,6-7,10-13H2,(H,18,19);1H. The molecule has 20 heavy (non-hydrogen) atoms. The van der Waals surface area contributed by atoms with E-state index in [0.717, 1.165) is 12.1 Å². The van der Waals surface area contributed by atoms with Crippen molar-refractivity contribution in [3.63, 3.8) is 0 Å². The fourth-order valence-electron chi connectivity index (χ4n) is 2.63. The number of carbonyl (C=O) groups is 1. The molecule has 0 aromatic heterocycles. The topological polar surface area (TPSA) is 41.1 Å². The normalized spacial score (nSPS) is 16.0. The zero-order valence-corrected chi connectivity index (χ0v) is 12.8. The van der Waals surface area contributed by atoms with Gasteiger partial charge in [-0.05, 0) is 25.0 Å². The maximum atomic E-state index is 11.8. The van der Waals surface area contributed by atoms with E-state index in [4.69, 9.17) is 0 Å². The summed E-state index contributed by atoms with van der Waals surface area (Å²) in [5.41, 5.74) is 0.733. The summed E-state index contributed by atoms with van der Waals surface area (Å²) in [6.07, 6.45) is 8.01. The third-order valence-corrected chi connectivity index (χ3v) is 3.73. The Morgan fingerprint density at radius 3 is 2.30 bits per heavy atom. The first-order chi connectivity index (χ1) is 9.36. The number of amides is 1. The maximum absolute atomic E-state index is 11.8. The Kier molecular flexibility index (Phi) is 8.31. The first-order valence-corrected chi connectivity index (χ1v) is 7.43. The number of benzene rings is 1. The largest absolute Gasteiger partial charge is 0.351 e. The lowest BCUT2D eigenvalue weighted by Gasteiger charge is -2.16. The van der Waals surface area contributed by atoms with Gasteiger partial charge in [0.05, 0.1) is 0 Å². The Hall–Kier alpha value is -1.06. The van der Waals surface area contributed by atoms with E-state index in [9.17, 15) is 4.79 Å². The van der Waals surface area contributed by atoms with Crippen molar-refractivity contribution in [3.05, 3.63) is 35.9 Å². The molecular formula is C16H25ClN2O. The molecule has 2 N–H and O–H groups in total. The Balaban J connectivity index is 0.00000200. The summed E-state index contributed by atoms with van der Waals surface area (Å²) in [6, 6.07) is 10.0. The molecule has 1 aliphatic rings. The Morgan fingerprint density at radius 1 is 1.00 bits per heavy atom. The number of nitrogens with one attached hydrogen (secondary N) is 2. The molecule has 112 valence electrons. The molecule has 0 saturated heterocycles. The predicted octanol–water partition coefficient (Wildman–Crippen LogP) is 3.15. The van der Waals surface area contributed by atoms with Crippen LogP contribution in [0.25, 0.3) is 0 Å². The van der Waals surface area contributed by atoms with Crippen molar-refractivity contribution in [2.24, 2.45) is 0 Å². The van der Waals surface area contributed by atoms with Gasteiger partial charge in [0.25, 0.3) is 5.91 Å². The van der Waals surface area contributed by atoms with E-state index >= 15 is 0 Å². The molecule has 1 saturated carbocycles. The third kappa shape index (κ3) is 5.93. The summed E-state index contributed by atoms with van der Waals surface area (Å²) >= 11 is 0. The van der Waals surface area contributed by atoms with Crippen LogP contribution in [0.2, 0.25) is 0 Å². The highest BCUT2D eigenvalue weighted by Crippen LogP contribution is 2.16. The SMILES string of the molecule is Cl.O=C(NCCNC1CCCCCC1)c1ccccc1.